The predicted octanol–water partition coefficient (Wildman–Crippen LogP) is 3.51. The number of hydrogen-bond donors (Lipinski definition) is 0. The van der Waals surface area contributed by atoms with Crippen molar-refractivity contribution >= 4 is 11.5 Å². The summed E-state index contributed by atoms with van der Waals surface area (Å²) < 4.78 is 0. The Morgan fingerprint density at radius 2 is 1.92 bits per heavy atom. The molecule has 1 aromatic heterocycles. The number of nitro groups is 1. The van der Waals surface area contributed by atoms with Gasteiger partial charge in [0.05, 0.1) is 4.92 Å². The van der Waals surface area contributed by atoms with Crippen LogP contribution in [0.3, 0.4) is 0 Å². The summed E-state index contributed by atoms with van der Waals surface area (Å²) in [5.41, 5.74) is 0.509. The van der Waals surface area contributed by atoms with E-state index in [-0.39, 0.29) is 11.3 Å². The van der Waals surface area contributed by atoms with Crippen molar-refractivity contribution < 1.29 is 4.92 Å². The molecule has 4 aliphatic rings. The van der Waals surface area contributed by atoms with Crippen LogP contribution in [0.5, 0.6) is 0 Å². The molecule has 0 unspecified atom stereocenters. The van der Waals surface area contributed by atoms with Crippen molar-refractivity contribution in [1.29, 1.82) is 5.26 Å². The molecule has 0 amide bonds. The largest absolute Gasteiger partial charge is 0.358 e. The van der Waals surface area contributed by atoms with Crippen molar-refractivity contribution in [2.75, 3.05) is 18.5 Å². The van der Waals surface area contributed by atoms with Crippen molar-refractivity contribution in [2.24, 2.45) is 23.2 Å². The van der Waals surface area contributed by atoms with Gasteiger partial charge in [0.2, 0.25) is 0 Å². The van der Waals surface area contributed by atoms with E-state index in [0.29, 0.717) is 11.2 Å². The fourth-order valence-electron chi connectivity index (χ4n) is 5.99. The minimum atomic E-state index is -0.503. The van der Waals surface area contributed by atoms with Crippen molar-refractivity contribution in [2.45, 2.75) is 38.5 Å². The first-order chi connectivity index (χ1) is 11.5. The van der Waals surface area contributed by atoms with Crippen LogP contribution in [-0.4, -0.2) is 23.5 Å². The van der Waals surface area contributed by atoms with Crippen LogP contribution in [-0.2, 0) is 0 Å². The average Bonchev–Trinajstić information content (AvgIpc) is 2.52. The van der Waals surface area contributed by atoms with Gasteiger partial charge in [0.1, 0.15) is 23.6 Å². The molecule has 0 aliphatic heterocycles. The standard InChI is InChI=1S/C18H22N4O2/c1-21(17-15(9-19)5-16(10-20-17)22(23)24)11-18-6-12-2-13(7-18)4-14(3-12)8-18/h5,10,12-14H,2-4,6-8,11H2,1H3. The summed E-state index contributed by atoms with van der Waals surface area (Å²) in [5, 5.41) is 20.3. The van der Waals surface area contributed by atoms with Crippen molar-refractivity contribution in [3.63, 3.8) is 0 Å². The van der Waals surface area contributed by atoms with Crippen LogP contribution >= 0.6 is 0 Å². The maximum absolute atomic E-state index is 10.9. The molecule has 126 valence electrons. The maximum Gasteiger partial charge on any atom is 0.289 e. The summed E-state index contributed by atoms with van der Waals surface area (Å²) in [5.74, 6) is 3.21. The summed E-state index contributed by atoms with van der Waals surface area (Å²) in [6.07, 6.45) is 9.34. The molecule has 6 nitrogen and oxygen atoms in total. The van der Waals surface area contributed by atoms with Crippen LogP contribution in [0.15, 0.2) is 12.3 Å². The Hall–Kier alpha value is -2.16. The molecule has 0 spiro atoms. The Bertz CT molecular complexity index is 689. The Balaban J connectivity index is 1.57. The van der Waals surface area contributed by atoms with E-state index >= 15 is 0 Å². The van der Waals surface area contributed by atoms with Gasteiger partial charge in [0.15, 0.2) is 0 Å². The number of pyridine rings is 1. The first-order valence-corrected chi connectivity index (χ1v) is 8.74. The molecule has 4 fully saturated rings. The third-order valence-corrected chi connectivity index (χ3v) is 6.28. The van der Waals surface area contributed by atoms with E-state index in [4.69, 9.17) is 0 Å². The molecule has 6 heteroatoms. The molecule has 4 bridgehead atoms. The highest BCUT2D eigenvalue weighted by Crippen LogP contribution is 2.60. The molecule has 0 aromatic carbocycles. The van der Waals surface area contributed by atoms with Gasteiger partial charge in [-0.2, -0.15) is 5.26 Å². The Morgan fingerprint density at radius 3 is 2.42 bits per heavy atom. The molecular formula is C18H22N4O2. The highest BCUT2D eigenvalue weighted by Gasteiger charge is 2.51. The number of hydrogen-bond acceptors (Lipinski definition) is 5. The quantitative estimate of drug-likeness (QED) is 0.624. The molecule has 24 heavy (non-hydrogen) atoms. The van der Waals surface area contributed by atoms with Gasteiger partial charge in [-0.1, -0.05) is 0 Å². The molecule has 5 rings (SSSR count). The predicted molar refractivity (Wildman–Crippen MR) is 89.5 cm³/mol. The van der Waals surface area contributed by atoms with Crippen molar-refractivity contribution in [3.05, 3.63) is 27.9 Å². The smallest absolute Gasteiger partial charge is 0.289 e. The second kappa shape index (κ2) is 5.44. The zero-order valence-corrected chi connectivity index (χ0v) is 13.9. The molecule has 0 radical (unpaired) electrons. The summed E-state index contributed by atoms with van der Waals surface area (Å²) in [4.78, 5) is 16.7. The first kappa shape index (κ1) is 15.4. The average molecular weight is 326 g/mol. The van der Waals surface area contributed by atoms with Crippen LogP contribution in [0.4, 0.5) is 11.5 Å². The van der Waals surface area contributed by atoms with Gasteiger partial charge in [0.25, 0.3) is 5.69 Å². The Kier molecular flexibility index (Phi) is 3.48. The van der Waals surface area contributed by atoms with Gasteiger partial charge >= 0.3 is 0 Å². The fourth-order valence-corrected chi connectivity index (χ4v) is 5.99. The number of rotatable bonds is 4. The van der Waals surface area contributed by atoms with E-state index in [1.807, 2.05) is 7.05 Å². The summed E-state index contributed by atoms with van der Waals surface area (Å²) >= 11 is 0. The number of aromatic nitrogens is 1. The van der Waals surface area contributed by atoms with E-state index < -0.39 is 4.92 Å². The van der Waals surface area contributed by atoms with E-state index in [9.17, 15) is 15.4 Å². The van der Waals surface area contributed by atoms with E-state index in [1.165, 1.54) is 50.8 Å². The van der Waals surface area contributed by atoms with Gasteiger partial charge in [-0.15, -0.1) is 0 Å². The number of nitriles is 1. The molecule has 0 saturated heterocycles. The molecule has 1 heterocycles. The van der Waals surface area contributed by atoms with Gasteiger partial charge in [-0.3, -0.25) is 10.1 Å². The second-order valence-corrected chi connectivity index (χ2v) is 8.21. The summed E-state index contributed by atoms with van der Waals surface area (Å²) in [7, 11) is 1.97. The topological polar surface area (TPSA) is 83.1 Å². The first-order valence-electron chi connectivity index (χ1n) is 8.74. The van der Waals surface area contributed by atoms with Crippen LogP contribution < -0.4 is 4.90 Å². The van der Waals surface area contributed by atoms with E-state index in [0.717, 1.165) is 24.3 Å². The zero-order chi connectivity index (χ0) is 16.9. The minimum absolute atomic E-state index is 0.126. The molecule has 1 aromatic rings. The van der Waals surface area contributed by atoms with Gasteiger partial charge < -0.3 is 4.90 Å². The summed E-state index contributed by atoms with van der Waals surface area (Å²) in [6.45, 7) is 0.899. The molecule has 0 atom stereocenters. The Labute approximate surface area is 141 Å². The van der Waals surface area contributed by atoms with Crippen LogP contribution in [0.1, 0.15) is 44.1 Å². The van der Waals surface area contributed by atoms with Crippen LogP contribution in [0.25, 0.3) is 0 Å². The highest BCUT2D eigenvalue weighted by molar-refractivity contribution is 5.57. The van der Waals surface area contributed by atoms with E-state index in [2.05, 4.69) is 16.0 Å². The van der Waals surface area contributed by atoms with Gasteiger partial charge in [-0.05, 0) is 61.7 Å². The molecule has 4 aliphatic carbocycles. The third-order valence-electron chi connectivity index (χ3n) is 6.28. The fraction of sp³-hybridized carbons (Fsp3) is 0.667. The normalized spacial score (nSPS) is 33.2. The molecular weight excluding hydrogens is 304 g/mol. The van der Waals surface area contributed by atoms with Gasteiger partial charge in [-0.25, -0.2) is 4.98 Å². The summed E-state index contributed by atoms with van der Waals surface area (Å²) in [6, 6.07) is 3.40. The third kappa shape index (κ3) is 2.52. The van der Waals surface area contributed by atoms with Gasteiger partial charge in [0, 0.05) is 19.7 Å². The molecule has 4 saturated carbocycles. The minimum Gasteiger partial charge on any atom is -0.358 e. The zero-order valence-electron chi connectivity index (χ0n) is 13.9. The monoisotopic (exact) mass is 326 g/mol. The second-order valence-electron chi connectivity index (χ2n) is 8.21. The lowest BCUT2D eigenvalue weighted by atomic mass is 9.49. The van der Waals surface area contributed by atoms with Crippen molar-refractivity contribution in [3.8, 4) is 6.07 Å². The van der Waals surface area contributed by atoms with E-state index in [1.54, 1.807) is 0 Å². The number of nitrogens with zero attached hydrogens (tertiary/aromatic N) is 4. The maximum atomic E-state index is 10.9. The highest BCUT2D eigenvalue weighted by atomic mass is 16.6. The van der Waals surface area contributed by atoms with Crippen molar-refractivity contribution in [1.82, 2.24) is 4.98 Å². The number of anilines is 1. The lowest BCUT2D eigenvalue weighted by molar-refractivity contribution is -0.385. The Morgan fingerprint density at radius 1 is 1.33 bits per heavy atom. The van der Waals surface area contributed by atoms with Crippen LogP contribution in [0.2, 0.25) is 0 Å². The molecule has 0 N–H and O–H groups in total. The lowest BCUT2D eigenvalue weighted by Crippen LogP contribution is -2.50. The SMILES string of the molecule is CN(CC12CC3CC(CC(C3)C1)C2)c1ncc([N+](=O)[O-])cc1C#N. The van der Waals surface area contributed by atoms with Crippen LogP contribution in [0, 0.1) is 44.6 Å². The lowest BCUT2D eigenvalue weighted by Gasteiger charge is -2.57.